The first-order chi connectivity index (χ1) is 15.0. The lowest BCUT2D eigenvalue weighted by Gasteiger charge is -2.25. The number of likely N-dealkylation sites (N-methyl/N-ethyl adjacent to an activating group) is 1. The van der Waals surface area contributed by atoms with Gasteiger partial charge in [0.1, 0.15) is 6.54 Å². The van der Waals surface area contributed by atoms with Crippen LogP contribution in [0.15, 0.2) is 72.1 Å². The Balaban J connectivity index is 1.67. The maximum Gasteiger partial charge on any atom is 0.320 e. The van der Waals surface area contributed by atoms with E-state index < -0.39 is 6.03 Å². The minimum absolute atomic E-state index is 0.151. The fraction of sp³-hybridized carbons (Fsp3) is 0.174. The van der Waals surface area contributed by atoms with Gasteiger partial charge in [0.15, 0.2) is 0 Å². The molecule has 3 aromatic rings. The highest BCUT2D eigenvalue weighted by atomic mass is 32.1. The van der Waals surface area contributed by atoms with Gasteiger partial charge in [0, 0.05) is 18.4 Å². The molecule has 7 nitrogen and oxygen atoms in total. The predicted octanol–water partition coefficient (Wildman–Crippen LogP) is 3.87. The van der Waals surface area contributed by atoms with Crippen LogP contribution in [0.3, 0.4) is 0 Å². The summed E-state index contributed by atoms with van der Waals surface area (Å²) in [5, 5.41) is 7.90. The molecule has 31 heavy (non-hydrogen) atoms. The summed E-state index contributed by atoms with van der Waals surface area (Å²) in [6.07, 6.45) is 0. The lowest BCUT2D eigenvalue weighted by atomic mass is 10.2. The highest BCUT2D eigenvalue weighted by molar-refractivity contribution is 7.14. The second-order valence-corrected chi connectivity index (χ2v) is 7.76. The van der Waals surface area contributed by atoms with Gasteiger partial charge in [-0.2, -0.15) is 0 Å². The Hall–Kier alpha value is -3.65. The third kappa shape index (κ3) is 5.93. The molecule has 2 N–H and O–H groups in total. The molecule has 0 aliphatic carbocycles. The summed E-state index contributed by atoms with van der Waals surface area (Å²) in [6, 6.07) is 19.6. The molecule has 0 fully saturated rings. The van der Waals surface area contributed by atoms with Crippen LogP contribution in [0.1, 0.15) is 5.56 Å². The Labute approximate surface area is 185 Å². The van der Waals surface area contributed by atoms with Crippen LogP contribution in [0.5, 0.6) is 0 Å². The maximum atomic E-state index is 12.9. The van der Waals surface area contributed by atoms with Crippen LogP contribution in [-0.4, -0.2) is 38.0 Å². The summed E-state index contributed by atoms with van der Waals surface area (Å²) in [5.41, 5.74) is 2.27. The first-order valence-electron chi connectivity index (χ1n) is 9.71. The molecular weight excluding hydrogens is 412 g/mol. The molecule has 0 atom stereocenters. The number of hydrogen-bond acceptors (Lipinski definition) is 4. The Bertz CT molecular complexity index is 1040. The average Bonchev–Trinajstić information content (AvgIpc) is 3.20. The summed E-state index contributed by atoms with van der Waals surface area (Å²) in [4.78, 5) is 40.8. The summed E-state index contributed by atoms with van der Waals surface area (Å²) in [7, 11) is 1.67. The number of anilines is 3. The molecule has 8 heteroatoms. The summed E-state index contributed by atoms with van der Waals surface area (Å²) in [5.74, 6) is -0.638. The van der Waals surface area contributed by atoms with Crippen molar-refractivity contribution in [1.82, 2.24) is 5.32 Å². The van der Waals surface area contributed by atoms with Gasteiger partial charge in [0.25, 0.3) is 0 Å². The highest BCUT2D eigenvalue weighted by Gasteiger charge is 2.22. The van der Waals surface area contributed by atoms with Gasteiger partial charge in [0.05, 0.1) is 11.5 Å². The Morgan fingerprint density at radius 3 is 2.06 bits per heavy atom. The molecule has 160 valence electrons. The molecule has 0 unspecified atom stereocenters. The van der Waals surface area contributed by atoms with Crippen molar-refractivity contribution in [2.24, 2.45) is 0 Å². The van der Waals surface area contributed by atoms with Crippen molar-refractivity contribution in [1.29, 1.82) is 0 Å². The van der Waals surface area contributed by atoms with Gasteiger partial charge in [-0.3, -0.25) is 14.9 Å². The van der Waals surface area contributed by atoms with Gasteiger partial charge in [-0.1, -0.05) is 36.4 Å². The minimum Gasteiger partial charge on any atom is -0.329 e. The number of urea groups is 1. The quantitative estimate of drug-likeness (QED) is 0.590. The second-order valence-electron chi connectivity index (χ2n) is 6.84. The molecule has 0 radical (unpaired) electrons. The first kappa shape index (κ1) is 22.0. The van der Waals surface area contributed by atoms with E-state index in [-0.39, 0.29) is 24.9 Å². The van der Waals surface area contributed by atoms with Crippen molar-refractivity contribution < 1.29 is 14.4 Å². The van der Waals surface area contributed by atoms with Crippen LogP contribution in [0.2, 0.25) is 0 Å². The fourth-order valence-electron chi connectivity index (χ4n) is 2.87. The summed E-state index contributed by atoms with van der Waals surface area (Å²) >= 11 is 1.41. The van der Waals surface area contributed by atoms with Gasteiger partial charge < -0.3 is 15.1 Å². The van der Waals surface area contributed by atoms with Crippen molar-refractivity contribution in [3.8, 4) is 0 Å². The molecule has 1 aromatic heterocycles. The zero-order valence-electron chi connectivity index (χ0n) is 17.4. The van der Waals surface area contributed by atoms with E-state index in [1.807, 2.05) is 54.8 Å². The monoisotopic (exact) mass is 436 g/mol. The highest BCUT2D eigenvalue weighted by Crippen LogP contribution is 2.21. The van der Waals surface area contributed by atoms with Crippen molar-refractivity contribution in [3.63, 3.8) is 0 Å². The molecule has 2 aromatic carbocycles. The van der Waals surface area contributed by atoms with Gasteiger partial charge in [-0.15, -0.1) is 11.3 Å². The van der Waals surface area contributed by atoms with Crippen LogP contribution in [0, 0.1) is 6.92 Å². The molecule has 3 rings (SSSR count). The average molecular weight is 437 g/mol. The zero-order chi connectivity index (χ0) is 22.2. The summed E-state index contributed by atoms with van der Waals surface area (Å²) in [6.45, 7) is 1.50. The Morgan fingerprint density at radius 1 is 0.871 bits per heavy atom. The minimum atomic E-state index is -0.473. The first-order valence-corrected chi connectivity index (χ1v) is 10.6. The molecule has 0 spiro atoms. The molecular formula is C23H24N4O3S. The van der Waals surface area contributed by atoms with Crippen LogP contribution in [0.4, 0.5) is 21.2 Å². The van der Waals surface area contributed by atoms with Gasteiger partial charge in [-0.25, -0.2) is 4.79 Å². The fourth-order valence-corrected chi connectivity index (χ4v) is 3.68. The number of carbonyl (C=O) groups is 3. The molecule has 0 saturated carbocycles. The van der Waals surface area contributed by atoms with E-state index in [0.29, 0.717) is 5.69 Å². The maximum absolute atomic E-state index is 12.9. The number of aryl methyl sites for hydroxylation is 1. The second kappa shape index (κ2) is 10.4. The van der Waals surface area contributed by atoms with E-state index in [9.17, 15) is 14.4 Å². The normalized spacial score (nSPS) is 10.3. The third-order valence-corrected chi connectivity index (χ3v) is 5.60. The molecule has 4 amide bonds. The van der Waals surface area contributed by atoms with Crippen LogP contribution in [-0.2, 0) is 9.59 Å². The number of hydrogen-bond donors (Lipinski definition) is 2. The van der Waals surface area contributed by atoms with E-state index in [4.69, 9.17) is 0 Å². The number of rotatable bonds is 7. The number of amides is 4. The van der Waals surface area contributed by atoms with Gasteiger partial charge in [0.2, 0.25) is 11.8 Å². The molecule has 1 heterocycles. The van der Waals surface area contributed by atoms with Crippen molar-refractivity contribution in [2.45, 2.75) is 6.92 Å². The number of para-hydroxylation sites is 2. The molecule has 0 aliphatic heterocycles. The summed E-state index contributed by atoms with van der Waals surface area (Å²) < 4.78 is 0. The van der Waals surface area contributed by atoms with E-state index in [0.717, 1.165) is 16.3 Å². The zero-order valence-corrected chi connectivity index (χ0v) is 18.2. The lowest BCUT2D eigenvalue weighted by molar-refractivity contribution is -0.121. The third-order valence-electron chi connectivity index (χ3n) is 4.67. The number of benzene rings is 2. The number of carbonyl (C=O) groups excluding carboxylic acids is 3. The number of nitrogens with one attached hydrogen (secondary N) is 2. The van der Waals surface area contributed by atoms with Crippen molar-refractivity contribution >= 4 is 45.6 Å². The van der Waals surface area contributed by atoms with E-state index in [1.54, 1.807) is 31.3 Å². The lowest BCUT2D eigenvalue weighted by Crippen LogP contribution is -2.46. The van der Waals surface area contributed by atoms with Crippen molar-refractivity contribution in [2.75, 3.05) is 35.3 Å². The van der Waals surface area contributed by atoms with Crippen LogP contribution < -0.4 is 20.4 Å². The van der Waals surface area contributed by atoms with Crippen molar-refractivity contribution in [3.05, 3.63) is 77.7 Å². The molecule has 0 saturated heterocycles. The van der Waals surface area contributed by atoms with E-state index in [1.165, 1.54) is 21.1 Å². The van der Waals surface area contributed by atoms with Gasteiger partial charge >= 0.3 is 6.03 Å². The molecule has 0 aliphatic rings. The van der Waals surface area contributed by atoms with E-state index >= 15 is 0 Å². The largest absolute Gasteiger partial charge is 0.329 e. The standard InChI is InChI=1S/C23H24N4O3S/c1-17-13-14-31-22(17)25-23(30)24-15-20(28)27(19-11-7-4-8-12-19)16-21(29)26(2)18-9-5-3-6-10-18/h3-14H,15-16H2,1-2H3,(H2,24,25,30). The van der Waals surface area contributed by atoms with E-state index in [2.05, 4.69) is 10.6 Å². The van der Waals surface area contributed by atoms with Crippen LogP contribution in [0.25, 0.3) is 0 Å². The SMILES string of the molecule is Cc1ccsc1NC(=O)NCC(=O)N(CC(=O)N(C)c1ccccc1)c1ccccc1. The molecule has 0 bridgehead atoms. The Kier molecular flexibility index (Phi) is 7.40. The predicted molar refractivity (Wildman–Crippen MR) is 125 cm³/mol. The topological polar surface area (TPSA) is 81.8 Å². The smallest absolute Gasteiger partial charge is 0.320 e. The van der Waals surface area contributed by atoms with Crippen LogP contribution >= 0.6 is 11.3 Å². The Morgan fingerprint density at radius 2 is 1.48 bits per heavy atom. The van der Waals surface area contributed by atoms with Gasteiger partial charge in [-0.05, 0) is 48.2 Å². The number of thiophene rings is 1. The number of nitrogens with zero attached hydrogens (tertiary/aromatic N) is 2.